The molecular formula is C66H95N8O27P5S4. The van der Waals surface area contributed by atoms with Crippen LogP contribution in [-0.4, -0.2) is 194 Å². The number of hydrogen-bond acceptors (Lipinski definition) is 26. The van der Waals surface area contributed by atoms with Crippen LogP contribution in [0.25, 0.3) is 22.2 Å². The third-order valence-electron chi connectivity index (χ3n) is 16.5. The molecule has 0 spiro atoms. The number of benzene rings is 2. The van der Waals surface area contributed by atoms with Crippen molar-refractivity contribution in [1.29, 1.82) is 1.28 Å². The summed E-state index contributed by atoms with van der Waals surface area (Å²) in [5, 5.41) is 57.4. The molecule has 4 amide bonds. The summed E-state index contributed by atoms with van der Waals surface area (Å²) in [5.74, 6) is -0.426. The molecule has 0 saturated carbocycles. The number of hydrogen-bond donors (Lipinski definition) is 15. The molecule has 44 heteroatoms. The van der Waals surface area contributed by atoms with Gasteiger partial charge in [0.05, 0.1) is 37.4 Å². The summed E-state index contributed by atoms with van der Waals surface area (Å²) >= 11 is 5.65. The fraction of sp³-hybridized carbons (Fsp3) is 0.545. The number of aliphatic hydroxyl groups excluding tert-OH is 1. The zero-order valence-electron chi connectivity index (χ0n) is 61.1. The van der Waals surface area contributed by atoms with Crippen LogP contribution >= 0.6 is 85.4 Å². The number of carboxylic acid groups (broad SMARTS) is 4. The van der Waals surface area contributed by atoms with Gasteiger partial charge in [0, 0.05) is 93.2 Å². The van der Waals surface area contributed by atoms with E-state index in [9.17, 15) is 81.6 Å². The first-order valence-corrected chi connectivity index (χ1v) is 46.5. The van der Waals surface area contributed by atoms with E-state index in [2.05, 4.69) is 77.8 Å². The van der Waals surface area contributed by atoms with Crippen molar-refractivity contribution in [3.05, 3.63) is 77.7 Å². The largest absolute Gasteiger partial charge is 0.490 e. The number of aliphatic hydroxyl groups is 1. The van der Waals surface area contributed by atoms with Crippen molar-refractivity contribution in [3.63, 3.8) is 0 Å². The van der Waals surface area contributed by atoms with Gasteiger partial charge in [0.15, 0.2) is 5.78 Å². The molecule has 1 aliphatic carbocycles. The molecular weight excluding hydrogens is 1620 g/mol. The summed E-state index contributed by atoms with van der Waals surface area (Å²) in [6, 6.07) is 13.4. The standard InChI is InChI=1S/C47H58N7O21P3S2.C18H31NO6S.CH6P2S/c48-44-43-28(23-54(45(43)51-27-50-44)41-22-37(56)38(73-41)25-72-77(67,68)75-78(69,70)74-76(64,65)66)10-9-20-49-39(57)19-21-79-80-26-35(36(55)15-3-1-2-4-16-40(58)52-34(46(61)62)17-18-42(59)60)53-47(63)71-24-33-31-13-7-5-11-29(31)30-12-6-8-14-32(30)33;1-13(12-26)17(23)19-10-6-4-2-3-5-7-15(20)11-14(18(24)25)8-9-16(21)22;1-4-3-2/h5-8,11-14,23,27,33-35,37-38,41,56H,1-4,15-22,24-26H2,(H,49,57)(H,52,58)(H,53,63)(H,59,60)(H,61,62)(H,67,68)(H,69,70)(H2,48,50,51)(H2,64,65,66);13-14,26H,2-12H2,1H3,(H,19,23)(H,21,22)(H,24,25);3H,2H2,1H3/t34?,35?,37-,38-,41-;;/m1../s1/i;;3D. The molecule has 8 unspecified atom stereocenters. The summed E-state index contributed by atoms with van der Waals surface area (Å²) in [6.45, 7) is 1.48. The Bertz CT molecular complexity index is 3960. The number of ketones is 2. The lowest BCUT2D eigenvalue weighted by molar-refractivity contribution is -0.145. The number of carbonyl (C=O) groups is 10. The van der Waals surface area contributed by atoms with Crippen LogP contribution in [0.4, 0.5) is 10.6 Å². The van der Waals surface area contributed by atoms with Crippen molar-refractivity contribution >= 4 is 162 Å². The van der Waals surface area contributed by atoms with Crippen LogP contribution < -0.4 is 27.0 Å². The fourth-order valence-electron chi connectivity index (χ4n) is 10.9. The molecule has 1 aliphatic heterocycles. The number of phosphoric acid groups is 3. The zero-order chi connectivity index (χ0) is 82.4. The molecule has 15 N–H and O–H groups in total. The summed E-state index contributed by atoms with van der Waals surface area (Å²) in [5.41, 5.74) is 10.8. The van der Waals surface area contributed by atoms with Crippen molar-refractivity contribution in [3.8, 4) is 23.0 Å². The molecule has 2 aromatic carbocycles. The highest BCUT2D eigenvalue weighted by molar-refractivity contribution is 8.76. The number of nitrogens with zero attached hydrogens (tertiary/aromatic N) is 3. The molecule has 1 fully saturated rings. The molecule has 11 atom stereocenters. The van der Waals surface area contributed by atoms with Crippen LogP contribution in [-0.2, 0) is 79.5 Å². The number of alkyl carbamates (subject to hydrolysis) is 1. The molecule has 4 aromatic rings. The minimum Gasteiger partial charge on any atom is -0.481 e. The zero-order valence-corrected chi connectivity index (χ0v) is 68.2. The van der Waals surface area contributed by atoms with E-state index in [-0.39, 0.29) is 117 Å². The number of Topliss-reactive ketones (excluding diaryl/α,β-unsaturated/α-hetero) is 2. The van der Waals surface area contributed by atoms with Crippen molar-refractivity contribution < 1.29 is 129 Å². The van der Waals surface area contributed by atoms with Gasteiger partial charge in [-0.25, -0.2) is 33.3 Å². The number of phosphoric ester groups is 1. The summed E-state index contributed by atoms with van der Waals surface area (Å²) < 4.78 is 66.7. The Morgan fingerprint density at radius 1 is 0.764 bits per heavy atom. The second-order valence-corrected chi connectivity index (χ2v) is 36.5. The normalized spacial score (nSPS) is 16.9. The SMILES string of the molecule is CC(CS)C(=O)NCCCCCCCC(=O)CC(CCC(=O)O)C(=O)O.Nc1ncnc2c1c(C#CCNC(=O)CCSSCC(NC(=O)OCC1c3ccccc3-c3ccccc31)C(=O)CCCCCCC(=O)NC(CCC(=O)O)C(=O)O)cn2[C@H]1C[C@@H](O)[C@@H](COP(=O)(O)OP(=O)(O)OP(=O)(O)O)O1.[2H]P(P)SC. The van der Waals surface area contributed by atoms with Crippen LogP contribution in [0.5, 0.6) is 0 Å². The van der Waals surface area contributed by atoms with E-state index in [0.29, 0.717) is 67.5 Å². The molecule has 610 valence electrons. The van der Waals surface area contributed by atoms with E-state index in [0.717, 1.165) is 54.3 Å². The predicted octanol–water partition coefficient (Wildman–Crippen LogP) is 8.76. The van der Waals surface area contributed by atoms with Gasteiger partial charge >= 0.3 is 53.4 Å². The molecule has 110 heavy (non-hydrogen) atoms. The monoisotopic (exact) mass is 1720 g/mol. The number of nitrogens with two attached hydrogens (primary N) is 1. The van der Waals surface area contributed by atoms with Gasteiger partial charge in [-0.15, -0.1) is 20.3 Å². The average Bonchev–Trinajstić information content (AvgIpc) is 1.67. The van der Waals surface area contributed by atoms with E-state index >= 15 is 0 Å². The lowest BCUT2D eigenvalue weighted by atomic mass is 9.95. The number of nitrogen functional groups attached to an aromatic ring is 1. The Kier molecular flexibility index (Phi) is 43.1. The van der Waals surface area contributed by atoms with Crippen LogP contribution in [0.1, 0.15) is 158 Å². The lowest BCUT2D eigenvalue weighted by Gasteiger charge is -2.19. The molecule has 1 saturated heterocycles. The Labute approximate surface area is 657 Å². The fourth-order valence-corrected chi connectivity index (χ4v) is 16.3. The van der Waals surface area contributed by atoms with Crippen molar-refractivity contribution in [2.24, 2.45) is 11.8 Å². The first-order chi connectivity index (χ1) is 52.4. The number of unbranched alkanes of at least 4 members (excludes halogenated alkanes) is 7. The number of ether oxygens (including phenoxy) is 2. The summed E-state index contributed by atoms with van der Waals surface area (Å²) in [7, 11) is -12.4. The van der Waals surface area contributed by atoms with Gasteiger partial charge in [-0.05, 0) is 74.5 Å². The van der Waals surface area contributed by atoms with Crippen molar-refractivity contribution in [1.82, 2.24) is 35.8 Å². The van der Waals surface area contributed by atoms with Gasteiger partial charge in [-0.2, -0.15) is 21.3 Å². The average molecular weight is 1720 g/mol. The Morgan fingerprint density at radius 3 is 1.98 bits per heavy atom. The topological polar surface area (TPSA) is 555 Å². The van der Waals surface area contributed by atoms with Crippen LogP contribution in [0.3, 0.4) is 0 Å². The molecule has 2 aromatic heterocycles. The maximum Gasteiger partial charge on any atom is 0.490 e. The van der Waals surface area contributed by atoms with Gasteiger partial charge in [-0.1, -0.05) is 121 Å². The molecule has 35 nitrogen and oxygen atoms in total. The highest BCUT2D eigenvalue weighted by Gasteiger charge is 2.43. The number of nitrogens with one attached hydrogen (secondary N) is 4. The number of thiol groups is 1. The first-order valence-electron chi connectivity index (χ1n) is 34.9. The Hall–Kier alpha value is -6.09. The van der Waals surface area contributed by atoms with Crippen molar-refractivity contribution in [2.75, 3.05) is 55.6 Å². The highest BCUT2D eigenvalue weighted by atomic mass is 33.1. The molecule has 6 rings (SSSR count). The van der Waals surface area contributed by atoms with Crippen LogP contribution in [0.15, 0.2) is 61.1 Å². The number of aromatic nitrogens is 3. The number of aliphatic carboxylic acids is 4. The second kappa shape index (κ2) is 50.2. The van der Waals surface area contributed by atoms with E-state index < -0.39 is 116 Å². The van der Waals surface area contributed by atoms with Gasteiger partial charge in [0.2, 0.25) is 17.7 Å². The smallest absolute Gasteiger partial charge is 0.481 e. The number of rotatable bonds is 48. The Morgan fingerprint density at radius 2 is 1.37 bits per heavy atom. The van der Waals surface area contributed by atoms with Gasteiger partial charge in [0.1, 0.15) is 54.6 Å². The van der Waals surface area contributed by atoms with Crippen LogP contribution in [0, 0.1) is 23.7 Å². The maximum atomic E-state index is 13.6. The second-order valence-electron chi connectivity index (χ2n) is 24.8. The Balaban J connectivity index is 0.000000701. The summed E-state index contributed by atoms with van der Waals surface area (Å²) in [6.07, 6.45) is 5.70. The molecule has 3 heterocycles. The summed E-state index contributed by atoms with van der Waals surface area (Å²) in [4.78, 5) is 164. The number of amides is 4. The maximum absolute atomic E-state index is 13.6. The quantitative estimate of drug-likeness (QED) is 0.00645. The molecule has 2 aliphatic rings. The van der Waals surface area contributed by atoms with Gasteiger partial charge in [0.25, 0.3) is 0 Å². The van der Waals surface area contributed by atoms with Crippen molar-refractivity contribution in [2.45, 2.75) is 165 Å². The highest BCUT2D eigenvalue weighted by Crippen LogP contribution is 2.66. The predicted molar refractivity (Wildman–Crippen MR) is 420 cm³/mol. The minimum absolute atomic E-state index is 0.00977. The third kappa shape index (κ3) is 36.4. The number of fused-ring (bicyclic) bond motifs is 4. The minimum atomic E-state index is -5.78. The van der Waals surface area contributed by atoms with E-state index in [4.69, 9.17) is 41.6 Å². The molecule has 0 radical (unpaired) electrons. The number of carbonyl (C=O) groups excluding carboxylic acids is 6. The lowest BCUT2D eigenvalue weighted by Crippen LogP contribution is -2.43. The van der Waals surface area contributed by atoms with E-state index in [1.54, 1.807) is 11.4 Å². The van der Waals surface area contributed by atoms with E-state index in [1.165, 1.54) is 32.4 Å². The van der Waals surface area contributed by atoms with Gasteiger partial charge in [-0.3, -0.25) is 42.9 Å². The van der Waals surface area contributed by atoms with Crippen LogP contribution in [0.2, 0.25) is 0 Å². The first kappa shape index (κ1) is 94.5. The van der Waals surface area contributed by atoms with E-state index in [1.807, 2.05) is 61.7 Å². The number of anilines is 1. The third-order valence-corrected chi connectivity index (χ3v) is 26.0. The number of carboxylic acids is 4. The van der Waals surface area contributed by atoms with Gasteiger partial charge < -0.3 is 86.1 Å². The molecule has 0 bridgehead atoms.